The minimum atomic E-state index is -4.74. The zero-order chi connectivity index (χ0) is 15.7. The van der Waals surface area contributed by atoms with Crippen LogP contribution in [0.15, 0.2) is 0 Å². The Morgan fingerprint density at radius 1 is 1.30 bits per heavy atom. The lowest BCUT2D eigenvalue weighted by Crippen LogP contribution is -2.43. The second-order valence-corrected chi connectivity index (χ2v) is 6.43. The maximum atomic E-state index is 12.8. The molecule has 0 aromatic rings. The molecule has 0 saturated carbocycles. The van der Waals surface area contributed by atoms with Gasteiger partial charge in [0.1, 0.15) is 0 Å². The first kappa shape index (κ1) is 17.2. The van der Waals surface area contributed by atoms with E-state index in [1.807, 2.05) is 0 Å². The molecule has 1 saturated heterocycles. The lowest BCUT2D eigenvalue weighted by Gasteiger charge is -2.25. The van der Waals surface area contributed by atoms with E-state index in [1.165, 1.54) is 0 Å². The Balaban J connectivity index is 3.05. The lowest BCUT2D eigenvalue weighted by atomic mass is 9.96. The van der Waals surface area contributed by atoms with Crippen LogP contribution in [-0.2, 0) is 15.0 Å². The van der Waals surface area contributed by atoms with Crippen LogP contribution in [0, 0.1) is 11.8 Å². The Bertz CT molecular complexity index is 462. The molecule has 0 aliphatic carbocycles. The second kappa shape index (κ2) is 5.86. The summed E-state index contributed by atoms with van der Waals surface area (Å²) in [5.74, 6) is -5.57. The van der Waals surface area contributed by atoms with Gasteiger partial charge in [-0.1, -0.05) is 13.8 Å². The number of aliphatic carboxylic acids is 1. The van der Waals surface area contributed by atoms with Crippen LogP contribution in [0.2, 0.25) is 0 Å². The summed E-state index contributed by atoms with van der Waals surface area (Å²) in [5, 5.41) is 8.85. The Hall–Kier alpha value is -0.870. The zero-order valence-electron chi connectivity index (χ0n) is 11.1. The van der Waals surface area contributed by atoms with Gasteiger partial charge in [0.05, 0.1) is 11.8 Å². The van der Waals surface area contributed by atoms with E-state index in [-0.39, 0.29) is 13.1 Å². The van der Waals surface area contributed by atoms with Gasteiger partial charge in [-0.05, 0) is 0 Å². The highest BCUT2D eigenvalue weighted by Gasteiger charge is 2.55. The molecule has 1 fully saturated rings. The number of carboxylic acids is 1. The summed E-state index contributed by atoms with van der Waals surface area (Å²) < 4.78 is 64.3. The van der Waals surface area contributed by atoms with Crippen molar-refractivity contribution in [3.05, 3.63) is 0 Å². The predicted octanol–water partition coefficient (Wildman–Crippen LogP) is 0.768. The van der Waals surface area contributed by atoms with Crippen molar-refractivity contribution < 1.29 is 31.5 Å². The molecule has 1 aliphatic heterocycles. The van der Waals surface area contributed by atoms with E-state index in [0.29, 0.717) is 4.31 Å². The lowest BCUT2D eigenvalue weighted by molar-refractivity contribution is -0.187. The third-order valence-electron chi connectivity index (χ3n) is 3.38. The topological polar surface area (TPSA) is 77.9 Å². The van der Waals surface area contributed by atoms with E-state index < -0.39 is 47.3 Å². The van der Waals surface area contributed by atoms with E-state index in [4.69, 9.17) is 5.11 Å². The second-order valence-electron chi connectivity index (χ2n) is 4.50. The summed E-state index contributed by atoms with van der Waals surface area (Å²) in [6, 6.07) is 0. The quantitative estimate of drug-likeness (QED) is 0.812. The first-order chi connectivity index (χ1) is 9.05. The molecule has 0 aromatic carbocycles. The smallest absolute Gasteiger partial charge is 0.393 e. The number of nitrogens with zero attached hydrogens (tertiary/aromatic N) is 2. The molecule has 1 aliphatic rings. The van der Waals surface area contributed by atoms with Crippen molar-refractivity contribution >= 4 is 16.2 Å². The molecule has 0 unspecified atom stereocenters. The van der Waals surface area contributed by atoms with Gasteiger partial charge in [0.15, 0.2) is 0 Å². The van der Waals surface area contributed by atoms with Crippen LogP contribution in [0.1, 0.15) is 13.8 Å². The Morgan fingerprint density at radius 3 is 2.10 bits per heavy atom. The molecule has 2 atom stereocenters. The highest BCUT2D eigenvalue weighted by atomic mass is 32.2. The number of carboxylic acid groups (broad SMARTS) is 1. The fourth-order valence-electron chi connectivity index (χ4n) is 2.25. The van der Waals surface area contributed by atoms with E-state index in [0.717, 1.165) is 4.31 Å². The number of carbonyl (C=O) groups is 1. The molecule has 118 valence electrons. The van der Waals surface area contributed by atoms with Gasteiger partial charge in [-0.15, -0.1) is 0 Å². The summed E-state index contributed by atoms with van der Waals surface area (Å²) in [4.78, 5) is 10.9. The molecule has 1 heterocycles. The number of hydrogen-bond acceptors (Lipinski definition) is 3. The molecular weight excluding hydrogens is 301 g/mol. The van der Waals surface area contributed by atoms with Crippen molar-refractivity contribution in [3.8, 4) is 0 Å². The van der Waals surface area contributed by atoms with Gasteiger partial charge < -0.3 is 5.11 Å². The van der Waals surface area contributed by atoms with Crippen molar-refractivity contribution in [2.24, 2.45) is 11.8 Å². The highest BCUT2D eigenvalue weighted by Crippen LogP contribution is 2.39. The molecule has 6 nitrogen and oxygen atoms in total. The standard InChI is InChI=1S/C10H17F3N2O4S/c1-3-14(4-2)20(18,19)15-5-7(9(16)17)8(6-15)10(11,12)13/h7-8H,3-6H2,1-2H3,(H,16,17)/t7-,8-/m1/s1. The molecule has 0 radical (unpaired) electrons. The van der Waals surface area contributed by atoms with Crippen molar-refractivity contribution in [1.82, 2.24) is 8.61 Å². The van der Waals surface area contributed by atoms with E-state index in [1.54, 1.807) is 13.8 Å². The van der Waals surface area contributed by atoms with Crippen LogP contribution >= 0.6 is 0 Å². The third kappa shape index (κ3) is 3.23. The van der Waals surface area contributed by atoms with E-state index >= 15 is 0 Å². The van der Waals surface area contributed by atoms with Gasteiger partial charge in [0.2, 0.25) is 0 Å². The summed E-state index contributed by atoms with van der Waals surface area (Å²) in [7, 11) is -4.06. The van der Waals surface area contributed by atoms with Crippen LogP contribution in [0.3, 0.4) is 0 Å². The van der Waals surface area contributed by atoms with Crippen LogP contribution < -0.4 is 0 Å². The summed E-state index contributed by atoms with van der Waals surface area (Å²) in [5.41, 5.74) is 0. The largest absolute Gasteiger partial charge is 0.481 e. The van der Waals surface area contributed by atoms with Crippen molar-refractivity contribution in [1.29, 1.82) is 0 Å². The van der Waals surface area contributed by atoms with Crippen LogP contribution in [0.4, 0.5) is 13.2 Å². The molecule has 20 heavy (non-hydrogen) atoms. The van der Waals surface area contributed by atoms with Gasteiger partial charge in [0.25, 0.3) is 10.2 Å². The maximum absolute atomic E-state index is 12.8. The van der Waals surface area contributed by atoms with E-state index in [2.05, 4.69) is 0 Å². The summed E-state index contributed by atoms with van der Waals surface area (Å²) in [6.07, 6.45) is -4.74. The number of rotatable bonds is 5. The van der Waals surface area contributed by atoms with Gasteiger partial charge >= 0.3 is 12.1 Å². The van der Waals surface area contributed by atoms with Gasteiger partial charge in [-0.2, -0.15) is 30.2 Å². The minimum absolute atomic E-state index is 0.115. The average Bonchev–Trinajstić information content (AvgIpc) is 2.75. The van der Waals surface area contributed by atoms with Gasteiger partial charge in [0, 0.05) is 26.2 Å². The molecule has 0 aromatic heterocycles. The van der Waals surface area contributed by atoms with Crippen LogP contribution in [-0.4, -0.2) is 60.5 Å². The average molecular weight is 318 g/mol. The summed E-state index contributed by atoms with van der Waals surface area (Å²) in [6.45, 7) is 1.85. The SMILES string of the molecule is CCN(CC)S(=O)(=O)N1C[C@@H](C(F)(F)F)[C@H](C(=O)O)C1. The van der Waals surface area contributed by atoms with Crippen molar-refractivity contribution in [2.75, 3.05) is 26.2 Å². The molecule has 0 bridgehead atoms. The first-order valence-electron chi connectivity index (χ1n) is 6.10. The molecule has 1 N–H and O–H groups in total. The van der Waals surface area contributed by atoms with Crippen molar-refractivity contribution in [2.45, 2.75) is 20.0 Å². The Labute approximate surface area is 115 Å². The number of halogens is 3. The Morgan fingerprint density at radius 2 is 1.80 bits per heavy atom. The van der Waals surface area contributed by atoms with Crippen LogP contribution in [0.25, 0.3) is 0 Å². The monoisotopic (exact) mass is 318 g/mol. The zero-order valence-corrected chi connectivity index (χ0v) is 11.9. The van der Waals surface area contributed by atoms with Crippen LogP contribution in [0.5, 0.6) is 0 Å². The van der Waals surface area contributed by atoms with Gasteiger partial charge in [-0.3, -0.25) is 4.79 Å². The normalized spacial score (nSPS) is 25.3. The molecular formula is C10H17F3N2O4S. The van der Waals surface area contributed by atoms with Crippen molar-refractivity contribution in [3.63, 3.8) is 0 Å². The summed E-state index contributed by atoms with van der Waals surface area (Å²) >= 11 is 0. The Kier molecular flexibility index (Phi) is 5.03. The minimum Gasteiger partial charge on any atom is -0.481 e. The molecule has 10 heteroatoms. The molecule has 0 amide bonds. The number of hydrogen-bond donors (Lipinski definition) is 1. The fourth-order valence-corrected chi connectivity index (χ4v) is 3.93. The fraction of sp³-hybridized carbons (Fsp3) is 0.900. The molecule has 1 rings (SSSR count). The number of alkyl halides is 3. The maximum Gasteiger partial charge on any atom is 0.393 e. The highest BCUT2D eigenvalue weighted by molar-refractivity contribution is 7.86. The van der Waals surface area contributed by atoms with Gasteiger partial charge in [-0.25, -0.2) is 0 Å². The van der Waals surface area contributed by atoms with E-state index in [9.17, 15) is 26.4 Å². The molecule has 0 spiro atoms. The third-order valence-corrected chi connectivity index (χ3v) is 5.50. The first-order valence-corrected chi connectivity index (χ1v) is 7.50. The predicted molar refractivity (Wildman–Crippen MR) is 64.1 cm³/mol.